The smallest absolute Gasteiger partial charge is 0.270 e. The van der Waals surface area contributed by atoms with Crippen molar-refractivity contribution in [3.05, 3.63) is 29.0 Å². The Morgan fingerprint density at radius 2 is 2.05 bits per heavy atom. The predicted octanol–water partition coefficient (Wildman–Crippen LogP) is 1.63. The van der Waals surface area contributed by atoms with Crippen LogP contribution in [0.2, 0.25) is 5.02 Å². The van der Waals surface area contributed by atoms with Gasteiger partial charge in [-0.1, -0.05) is 25.4 Å². The van der Waals surface area contributed by atoms with E-state index >= 15 is 0 Å². The zero-order valence-electron chi connectivity index (χ0n) is 11.2. The van der Waals surface area contributed by atoms with Crippen molar-refractivity contribution in [2.24, 2.45) is 5.92 Å². The Bertz CT molecular complexity index is 463. The van der Waals surface area contributed by atoms with Crippen LogP contribution in [-0.4, -0.2) is 29.4 Å². The molecule has 2 N–H and O–H groups in total. The van der Waals surface area contributed by atoms with E-state index in [2.05, 4.69) is 15.6 Å². The van der Waals surface area contributed by atoms with Crippen LogP contribution in [0.15, 0.2) is 18.3 Å². The van der Waals surface area contributed by atoms with Gasteiger partial charge in [0, 0.05) is 17.3 Å². The monoisotopic (exact) mass is 283 g/mol. The summed E-state index contributed by atoms with van der Waals surface area (Å²) in [6, 6.07) is 3.09. The van der Waals surface area contributed by atoms with Crippen LogP contribution in [0.1, 0.15) is 31.3 Å². The van der Waals surface area contributed by atoms with E-state index in [4.69, 9.17) is 11.6 Å². The maximum Gasteiger partial charge on any atom is 0.270 e. The fourth-order valence-electron chi connectivity index (χ4n) is 1.25. The summed E-state index contributed by atoms with van der Waals surface area (Å²) in [7, 11) is 0. The molecule has 0 radical (unpaired) electrons. The minimum absolute atomic E-state index is 0.0636. The summed E-state index contributed by atoms with van der Waals surface area (Å²) in [4.78, 5) is 27.2. The second-order valence-electron chi connectivity index (χ2n) is 4.64. The standard InChI is InChI=1S/C13H18ClN3O2/c1-8(2)9(3)17-12(18)7-16-13(19)11-6-10(14)4-5-15-11/h4-6,8-9H,7H2,1-3H3,(H,16,19)(H,17,18)/t9-/m1/s1. The molecule has 5 nitrogen and oxygen atoms in total. The van der Waals surface area contributed by atoms with Crippen LogP contribution >= 0.6 is 11.6 Å². The second-order valence-corrected chi connectivity index (χ2v) is 5.08. The maximum atomic E-state index is 11.7. The van der Waals surface area contributed by atoms with E-state index in [1.165, 1.54) is 12.3 Å². The average Bonchev–Trinajstić information content (AvgIpc) is 2.35. The number of nitrogens with zero attached hydrogens (tertiary/aromatic N) is 1. The van der Waals surface area contributed by atoms with E-state index in [1.807, 2.05) is 20.8 Å². The van der Waals surface area contributed by atoms with Crippen LogP contribution in [0.25, 0.3) is 0 Å². The van der Waals surface area contributed by atoms with E-state index < -0.39 is 5.91 Å². The van der Waals surface area contributed by atoms with Crippen LogP contribution < -0.4 is 10.6 Å². The van der Waals surface area contributed by atoms with Crippen molar-refractivity contribution in [1.29, 1.82) is 0 Å². The van der Waals surface area contributed by atoms with Crippen molar-refractivity contribution in [3.63, 3.8) is 0 Å². The minimum atomic E-state index is -0.421. The molecule has 0 aliphatic carbocycles. The van der Waals surface area contributed by atoms with E-state index in [0.29, 0.717) is 10.9 Å². The van der Waals surface area contributed by atoms with Gasteiger partial charge in [-0.3, -0.25) is 14.6 Å². The first-order valence-electron chi connectivity index (χ1n) is 6.09. The summed E-state index contributed by atoms with van der Waals surface area (Å²) in [5, 5.41) is 5.72. The summed E-state index contributed by atoms with van der Waals surface area (Å²) in [6.45, 7) is 5.87. The highest BCUT2D eigenvalue weighted by Gasteiger charge is 2.13. The number of rotatable bonds is 5. The molecule has 0 unspecified atom stereocenters. The van der Waals surface area contributed by atoms with Gasteiger partial charge < -0.3 is 10.6 Å². The normalized spacial score (nSPS) is 12.1. The molecule has 1 rings (SSSR count). The molecule has 19 heavy (non-hydrogen) atoms. The number of hydrogen-bond acceptors (Lipinski definition) is 3. The van der Waals surface area contributed by atoms with Crippen LogP contribution in [0.4, 0.5) is 0 Å². The number of halogens is 1. The summed E-state index contributed by atoms with van der Waals surface area (Å²) in [5.41, 5.74) is 0.192. The molecule has 0 saturated carbocycles. The lowest BCUT2D eigenvalue weighted by atomic mass is 10.1. The van der Waals surface area contributed by atoms with Crippen LogP contribution in [-0.2, 0) is 4.79 Å². The number of aromatic nitrogens is 1. The van der Waals surface area contributed by atoms with Crippen LogP contribution in [0.5, 0.6) is 0 Å². The van der Waals surface area contributed by atoms with E-state index in [0.717, 1.165) is 0 Å². The fourth-order valence-corrected chi connectivity index (χ4v) is 1.41. The minimum Gasteiger partial charge on any atom is -0.352 e. The topological polar surface area (TPSA) is 71.1 Å². The molecule has 1 atom stereocenters. The predicted molar refractivity (Wildman–Crippen MR) is 74.0 cm³/mol. The molecule has 0 saturated heterocycles. The molecule has 2 amide bonds. The SMILES string of the molecule is CC(C)[C@@H](C)NC(=O)CNC(=O)c1cc(Cl)ccn1. The highest BCUT2D eigenvalue weighted by Crippen LogP contribution is 2.07. The molecule has 0 aliphatic heterocycles. The first-order chi connectivity index (χ1) is 8.90. The van der Waals surface area contributed by atoms with Crippen molar-refractivity contribution in [1.82, 2.24) is 15.6 Å². The van der Waals surface area contributed by atoms with Crippen molar-refractivity contribution in [2.75, 3.05) is 6.54 Å². The third-order valence-electron chi connectivity index (χ3n) is 2.75. The molecule has 1 heterocycles. The average molecular weight is 284 g/mol. The molecule has 6 heteroatoms. The highest BCUT2D eigenvalue weighted by molar-refractivity contribution is 6.30. The summed E-state index contributed by atoms with van der Waals surface area (Å²) in [6.07, 6.45) is 1.44. The van der Waals surface area contributed by atoms with Gasteiger partial charge in [-0.2, -0.15) is 0 Å². The van der Waals surface area contributed by atoms with E-state index in [9.17, 15) is 9.59 Å². The molecule has 0 aliphatic rings. The van der Waals surface area contributed by atoms with Gasteiger partial charge in [-0.05, 0) is 25.0 Å². The Morgan fingerprint density at radius 1 is 1.37 bits per heavy atom. The molecular weight excluding hydrogens is 266 g/mol. The van der Waals surface area contributed by atoms with Gasteiger partial charge in [0.25, 0.3) is 5.91 Å². The molecule has 104 valence electrons. The number of carbonyl (C=O) groups is 2. The number of amides is 2. The highest BCUT2D eigenvalue weighted by atomic mass is 35.5. The number of hydrogen-bond donors (Lipinski definition) is 2. The number of carbonyl (C=O) groups excluding carboxylic acids is 2. The quantitative estimate of drug-likeness (QED) is 0.863. The van der Waals surface area contributed by atoms with Crippen molar-refractivity contribution in [3.8, 4) is 0 Å². The van der Waals surface area contributed by atoms with E-state index in [1.54, 1.807) is 6.07 Å². The molecular formula is C13H18ClN3O2. The molecule has 1 aromatic rings. The molecule has 0 aromatic carbocycles. The third kappa shape index (κ3) is 5.26. The Labute approximate surface area is 117 Å². The summed E-state index contributed by atoms with van der Waals surface area (Å²) < 4.78 is 0. The Hall–Kier alpha value is -1.62. The molecule has 1 aromatic heterocycles. The lowest BCUT2D eigenvalue weighted by molar-refractivity contribution is -0.121. The zero-order chi connectivity index (χ0) is 14.4. The van der Waals surface area contributed by atoms with Gasteiger partial charge in [0.15, 0.2) is 0 Å². The van der Waals surface area contributed by atoms with Crippen molar-refractivity contribution >= 4 is 23.4 Å². The van der Waals surface area contributed by atoms with Gasteiger partial charge in [0.2, 0.25) is 5.91 Å². The van der Waals surface area contributed by atoms with Gasteiger partial charge in [-0.25, -0.2) is 0 Å². The largest absolute Gasteiger partial charge is 0.352 e. The number of pyridine rings is 1. The second kappa shape index (κ2) is 7.09. The molecule has 0 bridgehead atoms. The van der Waals surface area contributed by atoms with Crippen LogP contribution in [0, 0.1) is 5.92 Å². The van der Waals surface area contributed by atoms with Gasteiger partial charge in [0.05, 0.1) is 6.54 Å². The summed E-state index contributed by atoms with van der Waals surface area (Å²) >= 11 is 5.76. The van der Waals surface area contributed by atoms with Crippen LogP contribution in [0.3, 0.4) is 0 Å². The van der Waals surface area contributed by atoms with E-state index in [-0.39, 0.29) is 24.2 Å². The lowest BCUT2D eigenvalue weighted by Crippen LogP contribution is -2.42. The Balaban J connectivity index is 2.44. The van der Waals surface area contributed by atoms with Gasteiger partial charge in [0.1, 0.15) is 5.69 Å². The first-order valence-corrected chi connectivity index (χ1v) is 6.47. The molecule has 0 spiro atoms. The molecule has 0 fully saturated rings. The first kappa shape index (κ1) is 15.4. The van der Waals surface area contributed by atoms with Crippen molar-refractivity contribution in [2.45, 2.75) is 26.8 Å². The lowest BCUT2D eigenvalue weighted by Gasteiger charge is -2.17. The zero-order valence-corrected chi connectivity index (χ0v) is 12.0. The number of nitrogens with one attached hydrogen (secondary N) is 2. The summed E-state index contributed by atoms with van der Waals surface area (Å²) in [5.74, 6) is -0.305. The fraction of sp³-hybridized carbons (Fsp3) is 0.462. The van der Waals surface area contributed by atoms with Gasteiger partial charge >= 0.3 is 0 Å². The third-order valence-corrected chi connectivity index (χ3v) is 2.99. The Morgan fingerprint density at radius 3 is 2.63 bits per heavy atom. The Kier molecular flexibility index (Phi) is 5.76. The van der Waals surface area contributed by atoms with Gasteiger partial charge in [-0.15, -0.1) is 0 Å². The van der Waals surface area contributed by atoms with Crippen molar-refractivity contribution < 1.29 is 9.59 Å². The maximum absolute atomic E-state index is 11.7.